The molecule has 0 unspecified atom stereocenters. The predicted molar refractivity (Wildman–Crippen MR) is 90.9 cm³/mol. The third-order valence-corrected chi connectivity index (χ3v) is 5.47. The van der Waals surface area contributed by atoms with Crippen molar-refractivity contribution in [3.63, 3.8) is 0 Å². The van der Waals surface area contributed by atoms with Crippen molar-refractivity contribution in [2.75, 3.05) is 0 Å². The van der Waals surface area contributed by atoms with Crippen LogP contribution in [0, 0.1) is 61.9 Å². The van der Waals surface area contributed by atoms with Crippen LogP contribution >= 0.6 is 0 Å². The number of nitro benzene ring substituents is 1. The second-order valence-corrected chi connectivity index (χ2v) is 6.59. The number of fused-ring (bicyclic) bond motifs is 1. The van der Waals surface area contributed by atoms with Crippen molar-refractivity contribution in [3.05, 3.63) is 51.6 Å². The van der Waals surface area contributed by atoms with Gasteiger partial charge in [-0.3, -0.25) is 15.5 Å². The molecule has 0 spiro atoms. The predicted octanol–water partition coefficient (Wildman–Crippen LogP) is 1.58. The van der Waals surface area contributed by atoms with Gasteiger partial charge in [-0.1, -0.05) is 6.08 Å². The van der Waals surface area contributed by atoms with Gasteiger partial charge in [0.2, 0.25) is 0 Å². The van der Waals surface area contributed by atoms with E-state index in [0.29, 0.717) is 12.0 Å². The topological polar surface area (TPSA) is 140 Å². The van der Waals surface area contributed by atoms with Gasteiger partial charge < -0.3 is 0 Å². The lowest BCUT2D eigenvalue weighted by Crippen LogP contribution is -2.64. The maximum Gasteiger partial charge on any atom is 0.269 e. The molecule has 7 heteroatoms. The van der Waals surface area contributed by atoms with Gasteiger partial charge in [-0.25, -0.2) is 0 Å². The number of non-ortho nitro benzene ring substituents is 1. The summed E-state index contributed by atoms with van der Waals surface area (Å²) < 4.78 is 0. The Labute approximate surface area is 150 Å². The van der Waals surface area contributed by atoms with Crippen LogP contribution in [-0.2, 0) is 5.41 Å². The average molecular weight is 346 g/mol. The number of nitrogens with zero attached hydrogens (tertiary/aromatic N) is 4. The molecule has 2 aliphatic carbocycles. The Balaban J connectivity index is 2.22. The zero-order valence-corrected chi connectivity index (χ0v) is 13.9. The highest BCUT2D eigenvalue weighted by Crippen LogP contribution is 2.51. The van der Waals surface area contributed by atoms with Crippen molar-refractivity contribution in [1.82, 2.24) is 0 Å². The maximum atomic E-state index is 10.9. The SMILES string of the molecule is N#C[C@@H]1C(=[NH2+])[C@@](C#N)(c2ccc([N+](=O)[O-])cc2)[C@@H](C#N)[C@@H]2CCCC=C12. The van der Waals surface area contributed by atoms with E-state index >= 15 is 0 Å². The number of benzene rings is 1. The second-order valence-electron chi connectivity index (χ2n) is 6.59. The number of allylic oxidation sites excluding steroid dienone is 2. The number of hydrogen-bond acceptors (Lipinski definition) is 5. The van der Waals surface area contributed by atoms with E-state index in [-0.39, 0.29) is 17.3 Å². The molecule has 0 saturated heterocycles. The van der Waals surface area contributed by atoms with Crippen LogP contribution in [0.15, 0.2) is 35.9 Å². The van der Waals surface area contributed by atoms with Gasteiger partial charge in [0.25, 0.3) is 5.69 Å². The minimum atomic E-state index is -1.47. The number of rotatable bonds is 2. The molecule has 2 aliphatic rings. The number of nitrogens with two attached hydrogens (primary N) is 1. The van der Waals surface area contributed by atoms with Crippen LogP contribution in [0.1, 0.15) is 24.8 Å². The molecule has 1 saturated carbocycles. The van der Waals surface area contributed by atoms with Crippen LogP contribution in [-0.4, -0.2) is 10.6 Å². The third kappa shape index (κ3) is 2.28. The van der Waals surface area contributed by atoms with E-state index in [0.717, 1.165) is 18.4 Å². The van der Waals surface area contributed by atoms with Gasteiger partial charge in [0.05, 0.1) is 29.0 Å². The van der Waals surface area contributed by atoms with E-state index in [1.54, 1.807) is 0 Å². The van der Waals surface area contributed by atoms with E-state index in [1.165, 1.54) is 24.3 Å². The van der Waals surface area contributed by atoms with Crippen molar-refractivity contribution < 1.29 is 10.3 Å². The molecule has 1 aromatic carbocycles. The fourth-order valence-electron chi connectivity index (χ4n) is 4.23. The Morgan fingerprint density at radius 1 is 1.19 bits per heavy atom. The smallest absolute Gasteiger partial charge is 0.258 e. The molecule has 0 heterocycles. The molecular weight excluding hydrogens is 330 g/mol. The Kier molecular flexibility index (Phi) is 4.28. The van der Waals surface area contributed by atoms with Crippen LogP contribution in [0.25, 0.3) is 0 Å². The summed E-state index contributed by atoms with van der Waals surface area (Å²) in [6, 6.07) is 12.1. The second kappa shape index (κ2) is 6.43. The molecule has 26 heavy (non-hydrogen) atoms. The molecule has 3 rings (SSSR count). The van der Waals surface area contributed by atoms with Crippen molar-refractivity contribution in [1.29, 1.82) is 15.8 Å². The molecule has 7 nitrogen and oxygen atoms in total. The molecule has 0 aliphatic heterocycles. The summed E-state index contributed by atoms with van der Waals surface area (Å²) in [4.78, 5) is 10.4. The highest BCUT2D eigenvalue weighted by Gasteiger charge is 2.60. The molecule has 4 atom stereocenters. The first-order chi connectivity index (χ1) is 12.5. The molecule has 0 bridgehead atoms. The monoisotopic (exact) mass is 346 g/mol. The fourth-order valence-corrected chi connectivity index (χ4v) is 4.23. The van der Waals surface area contributed by atoms with E-state index in [2.05, 4.69) is 18.2 Å². The summed E-state index contributed by atoms with van der Waals surface area (Å²) in [5, 5.41) is 46.9. The lowest BCUT2D eigenvalue weighted by atomic mass is 9.52. The molecule has 1 fully saturated rings. The first-order valence-corrected chi connectivity index (χ1v) is 8.29. The van der Waals surface area contributed by atoms with Crippen LogP contribution in [0.5, 0.6) is 0 Å². The summed E-state index contributed by atoms with van der Waals surface area (Å²) in [7, 11) is 0. The number of nitro groups is 1. The molecular formula is C19H16N5O2+. The lowest BCUT2D eigenvalue weighted by molar-refractivity contribution is -0.384. The van der Waals surface area contributed by atoms with Gasteiger partial charge in [0.1, 0.15) is 5.92 Å². The minimum Gasteiger partial charge on any atom is -0.258 e. The van der Waals surface area contributed by atoms with Crippen molar-refractivity contribution in [2.45, 2.75) is 24.7 Å². The van der Waals surface area contributed by atoms with Gasteiger partial charge in [-0.05, 0) is 48.4 Å². The average Bonchev–Trinajstić information content (AvgIpc) is 2.67. The fraction of sp³-hybridized carbons (Fsp3) is 0.368. The molecule has 0 aromatic heterocycles. The first kappa shape index (κ1) is 17.3. The molecule has 2 N–H and O–H groups in total. The van der Waals surface area contributed by atoms with Gasteiger partial charge in [0, 0.05) is 12.1 Å². The maximum absolute atomic E-state index is 10.9. The van der Waals surface area contributed by atoms with Gasteiger partial charge in [0.15, 0.2) is 11.1 Å². The van der Waals surface area contributed by atoms with Crippen LogP contribution in [0.4, 0.5) is 5.69 Å². The Morgan fingerprint density at radius 2 is 1.88 bits per heavy atom. The van der Waals surface area contributed by atoms with Gasteiger partial charge >= 0.3 is 0 Å². The van der Waals surface area contributed by atoms with E-state index in [1.807, 2.05) is 6.08 Å². The zero-order valence-electron chi connectivity index (χ0n) is 13.9. The van der Waals surface area contributed by atoms with Crippen molar-refractivity contribution in [3.8, 4) is 18.2 Å². The summed E-state index contributed by atoms with van der Waals surface area (Å²) in [5.74, 6) is -1.70. The highest BCUT2D eigenvalue weighted by molar-refractivity contribution is 6.00. The van der Waals surface area contributed by atoms with Crippen LogP contribution in [0.3, 0.4) is 0 Å². The normalized spacial score (nSPS) is 30.1. The summed E-state index contributed by atoms with van der Waals surface area (Å²) in [6.07, 6.45) is 4.39. The van der Waals surface area contributed by atoms with Crippen LogP contribution in [0.2, 0.25) is 0 Å². The van der Waals surface area contributed by atoms with E-state index in [4.69, 9.17) is 5.41 Å². The third-order valence-electron chi connectivity index (χ3n) is 5.47. The summed E-state index contributed by atoms with van der Waals surface area (Å²) in [6.45, 7) is 0. The summed E-state index contributed by atoms with van der Waals surface area (Å²) >= 11 is 0. The van der Waals surface area contributed by atoms with E-state index in [9.17, 15) is 25.9 Å². The van der Waals surface area contributed by atoms with Crippen molar-refractivity contribution >= 4 is 11.4 Å². The quantitative estimate of drug-likeness (QED) is 0.491. The summed E-state index contributed by atoms with van der Waals surface area (Å²) in [5.41, 5.74) is -0.203. The minimum absolute atomic E-state index is 0.111. The van der Waals surface area contributed by atoms with Gasteiger partial charge in [-0.15, -0.1) is 0 Å². The Bertz CT molecular complexity index is 929. The van der Waals surface area contributed by atoms with Gasteiger partial charge in [-0.2, -0.15) is 15.8 Å². The molecule has 0 radical (unpaired) electrons. The lowest BCUT2D eigenvalue weighted by Gasteiger charge is -2.43. The number of nitriles is 3. The molecule has 1 aromatic rings. The van der Waals surface area contributed by atoms with Crippen LogP contribution < -0.4 is 5.41 Å². The Morgan fingerprint density at radius 3 is 2.42 bits per heavy atom. The first-order valence-electron chi connectivity index (χ1n) is 8.29. The highest BCUT2D eigenvalue weighted by atomic mass is 16.6. The zero-order chi connectivity index (χ0) is 18.9. The Hall–Kier alpha value is -3.50. The number of hydrogen-bond donors (Lipinski definition) is 1. The van der Waals surface area contributed by atoms with Crippen molar-refractivity contribution in [2.24, 2.45) is 17.8 Å². The molecule has 128 valence electrons. The van der Waals surface area contributed by atoms with E-state index < -0.39 is 22.2 Å². The molecule has 0 amide bonds. The standard InChI is InChI=1S/C19H15N5O2/c20-9-16-14-3-1-2-4-15(14)17(10-21)19(11-22,18(16)23)12-5-7-13(8-6-12)24(25)26/h3,5-8,15-17,23H,1-2,4H2/p+1/t15-,16+,17+,19+/m1/s1. The largest absolute Gasteiger partial charge is 0.269 e.